The van der Waals surface area contributed by atoms with E-state index in [0.717, 1.165) is 42.8 Å². The van der Waals surface area contributed by atoms with Crippen LogP contribution in [0.4, 0.5) is 4.39 Å². The van der Waals surface area contributed by atoms with Crippen molar-refractivity contribution in [2.75, 3.05) is 20.2 Å². The number of hydrogen-bond donors (Lipinski definition) is 0. The minimum atomic E-state index is -0.422. The lowest BCUT2D eigenvalue weighted by Gasteiger charge is -2.32. The topological polar surface area (TPSA) is 47.4 Å². The summed E-state index contributed by atoms with van der Waals surface area (Å²) >= 11 is 0. The molecule has 1 fully saturated rings. The number of halogens is 1. The maximum atomic E-state index is 13.8. The van der Waals surface area contributed by atoms with Gasteiger partial charge in [-0.1, -0.05) is 30.3 Å². The molecule has 0 radical (unpaired) electrons. The lowest BCUT2D eigenvalue weighted by Crippen LogP contribution is -2.38. The number of rotatable bonds is 6. The van der Waals surface area contributed by atoms with Gasteiger partial charge in [0, 0.05) is 43.4 Å². The molecule has 0 spiro atoms. The van der Waals surface area contributed by atoms with Crippen LogP contribution in [-0.4, -0.2) is 40.7 Å². The summed E-state index contributed by atoms with van der Waals surface area (Å²) in [4.78, 5) is 15.4. The van der Waals surface area contributed by atoms with Gasteiger partial charge >= 0.3 is 0 Å². The molecule has 5 nitrogen and oxygen atoms in total. The molecule has 0 amide bonds. The summed E-state index contributed by atoms with van der Waals surface area (Å²) in [7, 11) is 3.43. The summed E-state index contributed by atoms with van der Waals surface area (Å²) in [5.41, 5.74) is 3.52. The number of ether oxygens (including phenoxy) is 1. The van der Waals surface area contributed by atoms with Crippen LogP contribution in [0.2, 0.25) is 0 Å². The highest BCUT2D eigenvalue weighted by Crippen LogP contribution is 2.29. The standard InChI is InChI=1S/C24H26FN3O2/c1-27-14-19(23(26-27)17-7-4-3-5-8-17)16-28-12-6-9-18(15-28)24(29)21-13-20(25)10-11-22(21)30-2/h3-5,7-8,10-11,13-14,18H,6,9,12,15-16H2,1-2H3. The van der Waals surface area contributed by atoms with Crippen LogP contribution in [0.3, 0.4) is 0 Å². The van der Waals surface area contributed by atoms with Crippen molar-refractivity contribution in [1.29, 1.82) is 0 Å². The van der Waals surface area contributed by atoms with Crippen molar-refractivity contribution in [2.45, 2.75) is 19.4 Å². The highest BCUT2D eigenvalue weighted by Gasteiger charge is 2.29. The predicted molar refractivity (Wildman–Crippen MR) is 114 cm³/mol. The average Bonchev–Trinajstić information content (AvgIpc) is 3.14. The van der Waals surface area contributed by atoms with E-state index in [1.165, 1.54) is 25.3 Å². The summed E-state index contributed by atoms with van der Waals surface area (Å²) in [5, 5.41) is 4.65. The summed E-state index contributed by atoms with van der Waals surface area (Å²) in [6.07, 6.45) is 3.77. The number of nitrogens with zero attached hydrogens (tertiary/aromatic N) is 3. The quantitative estimate of drug-likeness (QED) is 0.571. The van der Waals surface area contributed by atoms with Crippen molar-refractivity contribution in [1.82, 2.24) is 14.7 Å². The number of carbonyl (C=O) groups excluding carboxylic acids is 1. The lowest BCUT2D eigenvalue weighted by molar-refractivity contribution is 0.0808. The first-order chi connectivity index (χ1) is 14.5. The van der Waals surface area contributed by atoms with E-state index < -0.39 is 5.82 Å². The van der Waals surface area contributed by atoms with Crippen molar-refractivity contribution in [3.63, 3.8) is 0 Å². The van der Waals surface area contributed by atoms with Gasteiger partial charge in [0.05, 0.1) is 18.4 Å². The zero-order valence-corrected chi connectivity index (χ0v) is 17.3. The van der Waals surface area contributed by atoms with E-state index in [1.54, 1.807) is 0 Å². The second-order valence-electron chi connectivity index (χ2n) is 7.83. The molecule has 1 aliphatic heterocycles. The third kappa shape index (κ3) is 4.28. The summed E-state index contributed by atoms with van der Waals surface area (Å²) in [6.45, 7) is 2.29. The number of aryl methyl sites for hydroxylation is 1. The van der Waals surface area contributed by atoms with E-state index in [-0.39, 0.29) is 11.7 Å². The van der Waals surface area contributed by atoms with Gasteiger partial charge < -0.3 is 4.74 Å². The highest BCUT2D eigenvalue weighted by molar-refractivity contribution is 6.00. The van der Waals surface area contributed by atoms with Gasteiger partial charge in [-0.15, -0.1) is 0 Å². The Bertz CT molecular complexity index is 1030. The van der Waals surface area contributed by atoms with Gasteiger partial charge in [-0.05, 0) is 37.6 Å². The first-order valence-electron chi connectivity index (χ1n) is 10.2. The third-order valence-electron chi connectivity index (χ3n) is 5.65. The second kappa shape index (κ2) is 8.79. The predicted octanol–water partition coefficient (Wildman–Crippen LogP) is 4.33. The fourth-order valence-corrected chi connectivity index (χ4v) is 4.24. The van der Waals surface area contributed by atoms with E-state index in [1.807, 2.05) is 36.1 Å². The van der Waals surface area contributed by atoms with Gasteiger partial charge in [-0.25, -0.2) is 4.39 Å². The van der Waals surface area contributed by atoms with Crippen LogP contribution < -0.4 is 4.74 Å². The van der Waals surface area contributed by atoms with Gasteiger partial charge in [-0.2, -0.15) is 5.10 Å². The monoisotopic (exact) mass is 407 g/mol. The molecule has 0 saturated carbocycles. The number of likely N-dealkylation sites (tertiary alicyclic amines) is 1. The minimum Gasteiger partial charge on any atom is -0.496 e. The van der Waals surface area contributed by atoms with Crippen LogP contribution in [0.15, 0.2) is 54.7 Å². The molecule has 156 valence electrons. The molecule has 1 aliphatic rings. The van der Waals surface area contributed by atoms with Gasteiger partial charge in [0.25, 0.3) is 0 Å². The number of Topliss-reactive ketones (excluding diaryl/α,β-unsaturated/α-hetero) is 1. The number of aromatic nitrogens is 2. The highest BCUT2D eigenvalue weighted by atomic mass is 19.1. The van der Waals surface area contributed by atoms with Crippen molar-refractivity contribution >= 4 is 5.78 Å². The Morgan fingerprint density at radius 1 is 1.23 bits per heavy atom. The molecule has 1 unspecified atom stereocenters. The molecule has 3 aromatic rings. The van der Waals surface area contributed by atoms with Crippen LogP contribution in [-0.2, 0) is 13.6 Å². The van der Waals surface area contributed by atoms with E-state index in [4.69, 9.17) is 4.74 Å². The molecule has 0 N–H and O–H groups in total. The van der Waals surface area contributed by atoms with Crippen molar-refractivity contribution in [2.24, 2.45) is 13.0 Å². The Morgan fingerprint density at radius 3 is 2.80 bits per heavy atom. The first-order valence-corrected chi connectivity index (χ1v) is 10.2. The van der Waals surface area contributed by atoms with Crippen LogP contribution in [0.25, 0.3) is 11.3 Å². The fourth-order valence-electron chi connectivity index (χ4n) is 4.24. The number of hydrogen-bond acceptors (Lipinski definition) is 4. The van der Waals surface area contributed by atoms with Crippen molar-refractivity contribution < 1.29 is 13.9 Å². The largest absolute Gasteiger partial charge is 0.496 e. The number of piperidine rings is 1. The minimum absolute atomic E-state index is 0.0504. The smallest absolute Gasteiger partial charge is 0.171 e. The molecule has 2 heterocycles. The lowest BCUT2D eigenvalue weighted by atomic mass is 9.89. The average molecular weight is 407 g/mol. The van der Waals surface area contributed by atoms with E-state index in [0.29, 0.717) is 17.9 Å². The van der Waals surface area contributed by atoms with Gasteiger partial charge in [0.15, 0.2) is 5.78 Å². The molecule has 0 bridgehead atoms. The second-order valence-corrected chi connectivity index (χ2v) is 7.83. The van der Waals surface area contributed by atoms with Crippen LogP contribution in [0.5, 0.6) is 5.75 Å². The first kappa shape index (κ1) is 20.3. The molecule has 1 saturated heterocycles. The number of ketones is 1. The molecular weight excluding hydrogens is 381 g/mol. The van der Waals surface area contributed by atoms with Crippen LogP contribution >= 0.6 is 0 Å². The summed E-state index contributed by atoms with van der Waals surface area (Å²) in [5.74, 6) is -0.219. The maximum Gasteiger partial charge on any atom is 0.171 e. The Hall–Kier alpha value is -2.99. The number of benzene rings is 2. The third-order valence-corrected chi connectivity index (χ3v) is 5.65. The molecule has 4 rings (SSSR count). The van der Waals surface area contributed by atoms with E-state index in [9.17, 15) is 9.18 Å². The molecule has 1 atom stereocenters. The summed E-state index contributed by atoms with van der Waals surface area (Å²) in [6, 6.07) is 14.3. The molecule has 0 aliphatic carbocycles. The van der Waals surface area contributed by atoms with E-state index in [2.05, 4.69) is 22.1 Å². The van der Waals surface area contributed by atoms with Gasteiger partial charge in [0.2, 0.25) is 0 Å². The molecule has 6 heteroatoms. The van der Waals surface area contributed by atoms with Gasteiger partial charge in [-0.3, -0.25) is 14.4 Å². The maximum absolute atomic E-state index is 13.8. The summed E-state index contributed by atoms with van der Waals surface area (Å²) < 4.78 is 20.9. The van der Waals surface area contributed by atoms with Crippen LogP contribution in [0.1, 0.15) is 28.8 Å². The number of methoxy groups -OCH3 is 1. The van der Waals surface area contributed by atoms with Gasteiger partial charge in [0.1, 0.15) is 11.6 Å². The molecule has 2 aromatic carbocycles. The molecular formula is C24H26FN3O2. The SMILES string of the molecule is COc1ccc(F)cc1C(=O)C1CCCN(Cc2cn(C)nc2-c2ccccc2)C1. The Balaban J connectivity index is 1.52. The normalized spacial score (nSPS) is 17.1. The Morgan fingerprint density at radius 2 is 2.03 bits per heavy atom. The Labute approximate surface area is 176 Å². The van der Waals surface area contributed by atoms with Crippen molar-refractivity contribution in [3.05, 3.63) is 71.7 Å². The zero-order chi connectivity index (χ0) is 21.1. The molecule has 1 aromatic heterocycles. The zero-order valence-electron chi connectivity index (χ0n) is 17.3. The fraction of sp³-hybridized carbons (Fsp3) is 0.333. The number of carbonyl (C=O) groups is 1. The molecule has 30 heavy (non-hydrogen) atoms. The van der Waals surface area contributed by atoms with E-state index >= 15 is 0 Å². The van der Waals surface area contributed by atoms with Crippen molar-refractivity contribution in [3.8, 4) is 17.0 Å². The Kier molecular flexibility index (Phi) is 5.95. The van der Waals surface area contributed by atoms with Crippen LogP contribution in [0, 0.1) is 11.7 Å².